The number of carbonyl (C=O) groups excluding carboxylic acids is 1. The second kappa shape index (κ2) is 7.52. The summed E-state index contributed by atoms with van der Waals surface area (Å²) in [7, 11) is 1.66. The van der Waals surface area contributed by atoms with Crippen LogP contribution < -0.4 is 10.1 Å². The molecule has 3 rings (SSSR count). The average molecular weight is 323 g/mol. The molecular formula is C21H25NO2. The number of benzene rings is 2. The van der Waals surface area contributed by atoms with Crippen LogP contribution in [0.4, 0.5) is 0 Å². The van der Waals surface area contributed by atoms with Crippen LogP contribution in [0.15, 0.2) is 42.5 Å². The minimum absolute atomic E-state index is 0.00559. The van der Waals surface area contributed by atoms with Crippen molar-refractivity contribution in [2.75, 3.05) is 7.11 Å². The van der Waals surface area contributed by atoms with Gasteiger partial charge in [-0.2, -0.15) is 0 Å². The van der Waals surface area contributed by atoms with Crippen molar-refractivity contribution in [2.24, 2.45) is 0 Å². The zero-order valence-corrected chi connectivity index (χ0v) is 14.5. The Kier molecular flexibility index (Phi) is 5.19. The van der Waals surface area contributed by atoms with Crippen LogP contribution in [0.3, 0.4) is 0 Å². The predicted molar refractivity (Wildman–Crippen MR) is 96.6 cm³/mol. The molecule has 24 heavy (non-hydrogen) atoms. The van der Waals surface area contributed by atoms with Crippen LogP contribution in [-0.2, 0) is 12.8 Å². The highest BCUT2D eigenvalue weighted by Gasteiger charge is 2.16. The standard InChI is InChI=1S/C21H25NO2/c1-3-20(16-10-12-19(24-2)13-11-16)22-21(23)18-9-8-15-6-4-5-7-17(15)14-18/h8-14,20H,3-7H2,1-2H3,(H,22,23)/t20-/m1/s1. The van der Waals surface area contributed by atoms with E-state index < -0.39 is 0 Å². The van der Waals surface area contributed by atoms with Crippen LogP contribution in [0.25, 0.3) is 0 Å². The fraction of sp³-hybridized carbons (Fsp3) is 0.381. The van der Waals surface area contributed by atoms with Crippen LogP contribution in [-0.4, -0.2) is 13.0 Å². The van der Waals surface area contributed by atoms with Gasteiger partial charge in [0.25, 0.3) is 5.91 Å². The number of aryl methyl sites for hydroxylation is 2. The van der Waals surface area contributed by atoms with E-state index in [-0.39, 0.29) is 11.9 Å². The lowest BCUT2D eigenvalue weighted by molar-refractivity contribution is 0.0935. The van der Waals surface area contributed by atoms with E-state index in [0.717, 1.165) is 36.1 Å². The molecule has 0 saturated carbocycles. The Morgan fingerprint density at radius 3 is 2.46 bits per heavy atom. The Morgan fingerprint density at radius 1 is 1.08 bits per heavy atom. The van der Waals surface area contributed by atoms with Gasteiger partial charge in [-0.3, -0.25) is 4.79 Å². The number of methoxy groups -OCH3 is 1. The first-order valence-corrected chi connectivity index (χ1v) is 8.78. The first-order valence-electron chi connectivity index (χ1n) is 8.78. The van der Waals surface area contributed by atoms with E-state index in [9.17, 15) is 4.79 Å². The molecule has 1 amide bonds. The fourth-order valence-corrected chi connectivity index (χ4v) is 3.37. The Balaban J connectivity index is 1.74. The molecule has 0 aromatic heterocycles. The van der Waals surface area contributed by atoms with Gasteiger partial charge in [0, 0.05) is 5.56 Å². The van der Waals surface area contributed by atoms with Gasteiger partial charge in [-0.15, -0.1) is 0 Å². The molecule has 3 nitrogen and oxygen atoms in total. The fourth-order valence-electron chi connectivity index (χ4n) is 3.37. The third-order valence-corrected chi connectivity index (χ3v) is 4.84. The summed E-state index contributed by atoms with van der Waals surface area (Å²) in [6.07, 6.45) is 5.56. The molecule has 0 spiro atoms. The van der Waals surface area contributed by atoms with Gasteiger partial charge >= 0.3 is 0 Å². The van der Waals surface area contributed by atoms with Crippen LogP contribution in [0.1, 0.15) is 59.3 Å². The van der Waals surface area contributed by atoms with E-state index >= 15 is 0 Å². The molecule has 3 heteroatoms. The first-order chi connectivity index (χ1) is 11.7. The highest BCUT2D eigenvalue weighted by Crippen LogP contribution is 2.24. The second-order valence-electron chi connectivity index (χ2n) is 6.40. The Hall–Kier alpha value is -2.29. The van der Waals surface area contributed by atoms with Crippen molar-refractivity contribution < 1.29 is 9.53 Å². The van der Waals surface area contributed by atoms with E-state index in [1.807, 2.05) is 30.3 Å². The monoisotopic (exact) mass is 323 g/mol. The SMILES string of the molecule is CC[C@@H](NC(=O)c1ccc2c(c1)CCCC2)c1ccc(OC)cc1. The lowest BCUT2D eigenvalue weighted by Crippen LogP contribution is -2.28. The molecule has 1 atom stereocenters. The molecule has 2 aromatic carbocycles. The van der Waals surface area contributed by atoms with Gasteiger partial charge in [-0.05, 0) is 73.1 Å². The van der Waals surface area contributed by atoms with Crippen molar-refractivity contribution in [3.05, 3.63) is 64.7 Å². The Labute approximate surface area is 144 Å². The van der Waals surface area contributed by atoms with Gasteiger partial charge in [-0.1, -0.05) is 25.1 Å². The quantitative estimate of drug-likeness (QED) is 0.882. The van der Waals surface area contributed by atoms with E-state index in [1.165, 1.54) is 24.0 Å². The molecular weight excluding hydrogens is 298 g/mol. The summed E-state index contributed by atoms with van der Waals surface area (Å²) in [5, 5.41) is 3.16. The largest absolute Gasteiger partial charge is 0.497 e. The number of hydrogen-bond donors (Lipinski definition) is 1. The maximum absolute atomic E-state index is 12.7. The lowest BCUT2D eigenvalue weighted by atomic mass is 9.90. The minimum Gasteiger partial charge on any atom is -0.497 e. The van der Waals surface area contributed by atoms with E-state index in [4.69, 9.17) is 4.74 Å². The van der Waals surface area contributed by atoms with Gasteiger partial charge in [0.15, 0.2) is 0 Å². The number of ether oxygens (including phenoxy) is 1. The minimum atomic E-state index is 0.00559. The molecule has 1 aliphatic carbocycles. The molecule has 0 unspecified atom stereocenters. The number of nitrogens with one attached hydrogen (secondary N) is 1. The summed E-state index contributed by atoms with van der Waals surface area (Å²) in [4.78, 5) is 12.7. The summed E-state index contributed by atoms with van der Waals surface area (Å²) in [6, 6.07) is 14.1. The smallest absolute Gasteiger partial charge is 0.251 e. The molecule has 0 fully saturated rings. The van der Waals surface area contributed by atoms with Gasteiger partial charge in [-0.25, -0.2) is 0 Å². The average Bonchev–Trinajstić information content (AvgIpc) is 2.65. The number of fused-ring (bicyclic) bond motifs is 1. The molecule has 0 heterocycles. The number of rotatable bonds is 5. The van der Waals surface area contributed by atoms with Crippen LogP contribution in [0, 0.1) is 0 Å². The van der Waals surface area contributed by atoms with Crippen LogP contribution in [0.2, 0.25) is 0 Å². The highest BCUT2D eigenvalue weighted by atomic mass is 16.5. The van der Waals surface area contributed by atoms with Gasteiger partial charge in [0.2, 0.25) is 0 Å². The summed E-state index contributed by atoms with van der Waals surface area (Å²) in [6.45, 7) is 2.09. The summed E-state index contributed by atoms with van der Waals surface area (Å²) < 4.78 is 5.20. The van der Waals surface area contributed by atoms with Gasteiger partial charge in [0.1, 0.15) is 5.75 Å². The van der Waals surface area contributed by atoms with Crippen molar-refractivity contribution >= 4 is 5.91 Å². The molecule has 0 aliphatic heterocycles. The zero-order chi connectivity index (χ0) is 16.9. The first kappa shape index (κ1) is 16.6. The molecule has 1 aliphatic rings. The third kappa shape index (κ3) is 3.61. The molecule has 0 bridgehead atoms. The van der Waals surface area contributed by atoms with E-state index in [1.54, 1.807) is 7.11 Å². The van der Waals surface area contributed by atoms with Gasteiger partial charge < -0.3 is 10.1 Å². The van der Waals surface area contributed by atoms with Crippen molar-refractivity contribution in [1.29, 1.82) is 0 Å². The Bertz CT molecular complexity index is 706. The highest BCUT2D eigenvalue weighted by molar-refractivity contribution is 5.94. The van der Waals surface area contributed by atoms with E-state index in [0.29, 0.717) is 0 Å². The number of carbonyl (C=O) groups is 1. The van der Waals surface area contributed by atoms with Crippen molar-refractivity contribution in [2.45, 2.75) is 45.1 Å². The normalized spacial score (nSPS) is 14.6. The zero-order valence-electron chi connectivity index (χ0n) is 14.5. The predicted octanol–water partition coefficient (Wildman–Crippen LogP) is 4.46. The number of amides is 1. The number of hydrogen-bond acceptors (Lipinski definition) is 2. The summed E-state index contributed by atoms with van der Waals surface area (Å²) >= 11 is 0. The van der Waals surface area contributed by atoms with Gasteiger partial charge in [0.05, 0.1) is 13.2 Å². The summed E-state index contributed by atoms with van der Waals surface area (Å²) in [5.41, 5.74) is 4.61. The molecule has 2 aromatic rings. The topological polar surface area (TPSA) is 38.3 Å². The van der Waals surface area contributed by atoms with Crippen molar-refractivity contribution in [3.63, 3.8) is 0 Å². The molecule has 126 valence electrons. The second-order valence-corrected chi connectivity index (χ2v) is 6.40. The third-order valence-electron chi connectivity index (χ3n) is 4.84. The van der Waals surface area contributed by atoms with Crippen LogP contribution in [0.5, 0.6) is 5.75 Å². The van der Waals surface area contributed by atoms with Crippen LogP contribution >= 0.6 is 0 Å². The molecule has 0 saturated heterocycles. The molecule has 0 radical (unpaired) electrons. The van der Waals surface area contributed by atoms with Crippen molar-refractivity contribution in [3.8, 4) is 5.75 Å². The van der Waals surface area contributed by atoms with Crippen molar-refractivity contribution in [1.82, 2.24) is 5.32 Å². The van der Waals surface area contributed by atoms with E-state index in [2.05, 4.69) is 24.4 Å². The maximum atomic E-state index is 12.7. The lowest BCUT2D eigenvalue weighted by Gasteiger charge is -2.20. The maximum Gasteiger partial charge on any atom is 0.251 e. The molecule has 1 N–H and O–H groups in total. The Morgan fingerprint density at radius 2 is 1.79 bits per heavy atom. The summed E-state index contributed by atoms with van der Waals surface area (Å²) in [5.74, 6) is 0.834.